The summed E-state index contributed by atoms with van der Waals surface area (Å²) >= 11 is 0. The van der Waals surface area contributed by atoms with Crippen LogP contribution >= 0.6 is 0 Å². The normalized spacial score (nSPS) is 38.6. The number of hydrogen-bond acceptors (Lipinski definition) is 6. The molecule has 0 spiro atoms. The average molecular weight is 774 g/mol. The van der Waals surface area contributed by atoms with Gasteiger partial charge in [-0.3, -0.25) is 14.5 Å². The first-order valence-corrected chi connectivity index (χ1v) is 23.7. The number of nitrogens with one attached hydrogen (secondary N) is 1. The SMILES string of the molecule is C=C(C)C1CCC2(CNCCC(=O)N3CCN(CCS(C)(=O)=O)CC3)CCC3(C)C(CCC4C5(C)CC=C(c6ccc(C=O)cc6)C(C)(C)C5CCC43C)C12. The summed E-state index contributed by atoms with van der Waals surface area (Å²) in [6.45, 7) is 25.1. The van der Waals surface area contributed by atoms with Crippen LogP contribution in [0.3, 0.4) is 0 Å². The Hall–Kier alpha value is -2.29. The van der Waals surface area contributed by atoms with E-state index in [1.54, 1.807) is 0 Å². The average Bonchev–Trinajstić information content (AvgIpc) is 3.53. The lowest BCUT2D eigenvalue weighted by molar-refractivity contribution is -0.225. The Balaban J connectivity index is 1.04. The summed E-state index contributed by atoms with van der Waals surface area (Å²) in [5.41, 5.74) is 6.01. The molecule has 9 unspecified atom stereocenters. The molecule has 0 radical (unpaired) electrons. The second-order valence-electron chi connectivity index (χ2n) is 20.6. The lowest BCUT2D eigenvalue weighted by atomic mass is 9.32. The van der Waals surface area contributed by atoms with Crippen LogP contribution in [0.5, 0.6) is 0 Å². The maximum atomic E-state index is 13.3. The Bertz CT molecular complexity index is 1780. The molecule has 1 aliphatic heterocycles. The van der Waals surface area contributed by atoms with Crippen molar-refractivity contribution in [2.24, 2.45) is 56.7 Å². The van der Waals surface area contributed by atoms with Crippen LogP contribution in [0.2, 0.25) is 0 Å². The molecule has 5 fully saturated rings. The van der Waals surface area contributed by atoms with Crippen molar-refractivity contribution >= 4 is 27.6 Å². The number of aldehydes is 1. The lowest BCUT2D eigenvalue weighted by Gasteiger charge is -2.72. The van der Waals surface area contributed by atoms with Gasteiger partial charge in [-0.05, 0) is 133 Å². The molecule has 5 aliphatic carbocycles. The fraction of sp³-hybridized carbons (Fsp3) is 0.745. The Morgan fingerprint density at radius 2 is 1.62 bits per heavy atom. The van der Waals surface area contributed by atoms with E-state index < -0.39 is 9.84 Å². The van der Waals surface area contributed by atoms with Gasteiger partial charge in [0.25, 0.3) is 0 Å². The molecule has 7 rings (SSSR count). The Labute approximate surface area is 333 Å². The molecular weight excluding hydrogens is 703 g/mol. The van der Waals surface area contributed by atoms with Crippen molar-refractivity contribution in [2.45, 2.75) is 106 Å². The molecule has 1 aromatic rings. The number of nitrogens with zero attached hydrogens (tertiary/aromatic N) is 2. The maximum Gasteiger partial charge on any atom is 0.223 e. The number of allylic oxidation sites excluding steroid dienone is 3. The van der Waals surface area contributed by atoms with Gasteiger partial charge in [-0.25, -0.2) is 8.42 Å². The first-order valence-electron chi connectivity index (χ1n) is 21.7. The van der Waals surface area contributed by atoms with Gasteiger partial charge in [-0.2, -0.15) is 0 Å². The Morgan fingerprint density at radius 3 is 2.27 bits per heavy atom. The predicted molar refractivity (Wildman–Crippen MR) is 224 cm³/mol. The zero-order valence-corrected chi connectivity index (χ0v) is 36.0. The van der Waals surface area contributed by atoms with E-state index in [1.807, 2.05) is 17.0 Å². The zero-order valence-electron chi connectivity index (χ0n) is 35.2. The molecule has 9 atom stereocenters. The minimum absolute atomic E-state index is 0.0639. The van der Waals surface area contributed by atoms with Gasteiger partial charge in [-0.1, -0.05) is 77.1 Å². The summed E-state index contributed by atoms with van der Waals surface area (Å²) in [7, 11) is -2.98. The number of sulfone groups is 1. The molecule has 1 amide bonds. The third-order valence-corrected chi connectivity index (χ3v) is 18.6. The Kier molecular flexibility index (Phi) is 11.0. The van der Waals surface area contributed by atoms with Crippen molar-refractivity contribution in [3.05, 3.63) is 53.6 Å². The highest BCUT2D eigenvalue weighted by Gasteiger charge is 2.70. The van der Waals surface area contributed by atoms with E-state index in [2.05, 4.69) is 76.5 Å². The first kappa shape index (κ1) is 40.9. The fourth-order valence-corrected chi connectivity index (χ4v) is 15.2. The number of fused-ring (bicyclic) bond motifs is 7. The summed E-state index contributed by atoms with van der Waals surface area (Å²) in [5.74, 6) is 3.61. The smallest absolute Gasteiger partial charge is 0.223 e. The van der Waals surface area contributed by atoms with E-state index in [0.717, 1.165) is 37.9 Å². The monoisotopic (exact) mass is 774 g/mol. The van der Waals surface area contributed by atoms with Gasteiger partial charge < -0.3 is 10.2 Å². The van der Waals surface area contributed by atoms with E-state index in [9.17, 15) is 18.0 Å². The van der Waals surface area contributed by atoms with E-state index in [1.165, 1.54) is 74.3 Å². The minimum atomic E-state index is -2.98. The number of amides is 1. The molecule has 55 heavy (non-hydrogen) atoms. The van der Waals surface area contributed by atoms with E-state index in [0.29, 0.717) is 62.2 Å². The summed E-state index contributed by atoms with van der Waals surface area (Å²) in [6, 6.07) is 8.28. The number of hydrogen-bond donors (Lipinski definition) is 1. The van der Waals surface area contributed by atoms with Gasteiger partial charge in [0.05, 0.1) is 5.75 Å². The molecule has 0 bridgehead atoms. The van der Waals surface area contributed by atoms with Crippen molar-refractivity contribution in [1.29, 1.82) is 0 Å². The van der Waals surface area contributed by atoms with Gasteiger partial charge in [0.2, 0.25) is 5.91 Å². The fourth-order valence-electron chi connectivity index (χ4n) is 14.6. The van der Waals surface area contributed by atoms with Crippen molar-refractivity contribution in [3.8, 4) is 0 Å². The van der Waals surface area contributed by atoms with Crippen molar-refractivity contribution in [3.63, 3.8) is 0 Å². The van der Waals surface area contributed by atoms with Crippen LogP contribution in [0.1, 0.15) is 122 Å². The lowest BCUT2D eigenvalue weighted by Crippen LogP contribution is -2.65. The van der Waals surface area contributed by atoms with Crippen LogP contribution in [0.25, 0.3) is 5.57 Å². The molecule has 8 heteroatoms. The molecule has 0 aromatic heterocycles. The Morgan fingerprint density at radius 1 is 0.909 bits per heavy atom. The van der Waals surface area contributed by atoms with Crippen molar-refractivity contribution in [1.82, 2.24) is 15.1 Å². The predicted octanol–water partition coefficient (Wildman–Crippen LogP) is 8.32. The minimum Gasteiger partial charge on any atom is -0.340 e. The highest BCUT2D eigenvalue weighted by Crippen LogP contribution is 2.77. The standard InChI is InChI=1S/C47H71N3O4S/c1-33(2)36-15-21-47(32-48-24-18-41(52)50-27-25-49(26-28-50)29-30-55(8,53)54)23-22-45(6)38(42(36)47)13-14-40-44(5)19-16-37(35-11-9-34(31-51)10-12-35)43(3,4)39(44)17-20-46(40,45)7/h9-12,16,31,36,38-40,42,48H,1,13-15,17-30,32H2,2-8H3. The molecule has 1 aromatic carbocycles. The van der Waals surface area contributed by atoms with Gasteiger partial charge in [0.1, 0.15) is 16.1 Å². The number of piperazine rings is 1. The van der Waals surface area contributed by atoms with Crippen LogP contribution in [0.15, 0.2) is 42.5 Å². The summed E-state index contributed by atoms with van der Waals surface area (Å²) in [4.78, 5) is 28.8. The van der Waals surface area contributed by atoms with Crippen LogP contribution in [-0.2, 0) is 14.6 Å². The quantitative estimate of drug-likeness (QED) is 0.138. The van der Waals surface area contributed by atoms with E-state index in [-0.39, 0.29) is 38.7 Å². The van der Waals surface area contributed by atoms with Crippen LogP contribution in [0, 0.1) is 56.7 Å². The third kappa shape index (κ3) is 7.04. The molecule has 1 saturated heterocycles. The number of benzene rings is 1. The van der Waals surface area contributed by atoms with Crippen molar-refractivity contribution < 1.29 is 18.0 Å². The third-order valence-electron chi connectivity index (χ3n) is 17.7. The molecule has 4 saturated carbocycles. The topological polar surface area (TPSA) is 86.8 Å². The second-order valence-corrected chi connectivity index (χ2v) is 22.9. The molecule has 304 valence electrons. The van der Waals surface area contributed by atoms with Crippen LogP contribution < -0.4 is 5.32 Å². The molecule has 7 nitrogen and oxygen atoms in total. The number of rotatable bonds is 11. The first-order chi connectivity index (χ1) is 25.9. The molecule has 1 heterocycles. The molecule has 6 aliphatic rings. The zero-order chi connectivity index (χ0) is 39.6. The highest BCUT2D eigenvalue weighted by atomic mass is 32.2. The number of carbonyl (C=O) groups is 2. The van der Waals surface area contributed by atoms with Gasteiger partial charge >= 0.3 is 0 Å². The molecule has 1 N–H and O–H groups in total. The van der Waals surface area contributed by atoms with Gasteiger partial charge in [0, 0.05) is 64.1 Å². The number of carbonyl (C=O) groups excluding carboxylic acids is 2. The summed E-state index contributed by atoms with van der Waals surface area (Å²) in [6.07, 6.45) is 16.7. The van der Waals surface area contributed by atoms with Crippen LogP contribution in [-0.4, -0.2) is 88.2 Å². The van der Waals surface area contributed by atoms with Crippen LogP contribution in [0.4, 0.5) is 0 Å². The summed E-state index contributed by atoms with van der Waals surface area (Å²) in [5, 5.41) is 3.86. The van der Waals surface area contributed by atoms with Gasteiger partial charge in [0.15, 0.2) is 0 Å². The van der Waals surface area contributed by atoms with Gasteiger partial charge in [-0.15, -0.1) is 0 Å². The molecular formula is C47H71N3O4S. The van der Waals surface area contributed by atoms with E-state index in [4.69, 9.17) is 0 Å². The summed E-state index contributed by atoms with van der Waals surface area (Å²) < 4.78 is 23.2. The highest BCUT2D eigenvalue weighted by molar-refractivity contribution is 7.90. The maximum absolute atomic E-state index is 13.3. The van der Waals surface area contributed by atoms with Crippen molar-refractivity contribution in [2.75, 3.05) is 57.8 Å². The van der Waals surface area contributed by atoms with E-state index >= 15 is 0 Å². The second kappa shape index (κ2) is 14.8. The largest absolute Gasteiger partial charge is 0.340 e.